The molecule has 4 nitrogen and oxygen atoms in total. The summed E-state index contributed by atoms with van der Waals surface area (Å²) in [6.45, 7) is 0. The first-order valence-corrected chi connectivity index (χ1v) is 7.90. The third kappa shape index (κ3) is 3.02. The zero-order valence-corrected chi connectivity index (χ0v) is 12.4. The van der Waals surface area contributed by atoms with Gasteiger partial charge in [0.15, 0.2) is 0 Å². The zero-order chi connectivity index (χ0) is 13.8. The van der Waals surface area contributed by atoms with Gasteiger partial charge in [-0.3, -0.25) is 0 Å². The lowest BCUT2D eigenvalue weighted by atomic mass is 10.3. The zero-order valence-electron chi connectivity index (χ0n) is 10.8. The first-order chi connectivity index (χ1) is 9.85. The van der Waals surface area contributed by atoms with Gasteiger partial charge in [0.2, 0.25) is 11.7 Å². The minimum absolute atomic E-state index is 0.631. The number of rotatable bonds is 5. The molecule has 3 aromatic rings. The van der Waals surface area contributed by atoms with Crippen molar-refractivity contribution in [1.29, 1.82) is 0 Å². The maximum atomic E-state index is 5.25. The molecular weight excluding hydrogens is 292 g/mol. The molecular formula is C14H12N2O2S2. The fourth-order valence-corrected chi connectivity index (χ4v) is 3.01. The van der Waals surface area contributed by atoms with Gasteiger partial charge in [-0.2, -0.15) is 16.3 Å². The normalized spacial score (nSPS) is 10.7. The molecule has 0 aliphatic carbocycles. The smallest absolute Gasteiger partial charge is 0.237 e. The van der Waals surface area contributed by atoms with E-state index < -0.39 is 0 Å². The van der Waals surface area contributed by atoms with Crippen molar-refractivity contribution in [3.05, 3.63) is 47.0 Å². The van der Waals surface area contributed by atoms with E-state index in [-0.39, 0.29) is 0 Å². The minimum Gasteiger partial charge on any atom is -0.497 e. The van der Waals surface area contributed by atoms with Gasteiger partial charge >= 0.3 is 0 Å². The van der Waals surface area contributed by atoms with Crippen LogP contribution in [0.5, 0.6) is 5.75 Å². The van der Waals surface area contributed by atoms with E-state index in [2.05, 4.69) is 10.1 Å². The topological polar surface area (TPSA) is 48.2 Å². The number of benzene rings is 1. The van der Waals surface area contributed by atoms with E-state index >= 15 is 0 Å². The van der Waals surface area contributed by atoms with Crippen molar-refractivity contribution in [3.8, 4) is 17.1 Å². The highest BCUT2D eigenvalue weighted by Crippen LogP contribution is 2.25. The van der Waals surface area contributed by atoms with Gasteiger partial charge in [0.25, 0.3) is 0 Å². The molecule has 1 aromatic carbocycles. The van der Waals surface area contributed by atoms with Crippen molar-refractivity contribution in [2.75, 3.05) is 7.11 Å². The van der Waals surface area contributed by atoms with E-state index in [1.807, 2.05) is 41.1 Å². The lowest BCUT2D eigenvalue weighted by molar-refractivity contribution is 0.391. The molecule has 0 radical (unpaired) electrons. The molecule has 102 valence electrons. The Bertz CT molecular complexity index is 663. The standard InChI is InChI=1S/C14H12N2O2S2/c1-17-11-2-4-12(5-3-11)20-9-13-15-14(16-18-13)10-6-7-19-8-10/h2-8H,9H2,1H3. The van der Waals surface area contributed by atoms with Gasteiger partial charge in [0.1, 0.15) is 5.75 Å². The summed E-state index contributed by atoms with van der Waals surface area (Å²) >= 11 is 3.27. The summed E-state index contributed by atoms with van der Waals surface area (Å²) < 4.78 is 10.4. The van der Waals surface area contributed by atoms with Crippen LogP contribution < -0.4 is 4.74 Å². The summed E-state index contributed by atoms with van der Waals surface area (Å²) in [6, 6.07) is 9.88. The predicted octanol–water partition coefficient (Wildman–Crippen LogP) is 4.10. The van der Waals surface area contributed by atoms with Gasteiger partial charge in [-0.15, -0.1) is 11.8 Å². The van der Waals surface area contributed by atoms with Crippen LogP contribution in [-0.4, -0.2) is 17.3 Å². The van der Waals surface area contributed by atoms with Gasteiger partial charge in [0.05, 0.1) is 12.9 Å². The summed E-state index contributed by atoms with van der Waals surface area (Å²) in [5, 5.41) is 7.99. The molecule has 0 aliphatic rings. The summed E-state index contributed by atoms with van der Waals surface area (Å²) in [7, 11) is 1.66. The molecule has 6 heteroatoms. The van der Waals surface area contributed by atoms with E-state index in [1.54, 1.807) is 30.2 Å². The summed E-state index contributed by atoms with van der Waals surface area (Å²) in [6.07, 6.45) is 0. The van der Waals surface area contributed by atoms with Crippen molar-refractivity contribution in [3.63, 3.8) is 0 Å². The SMILES string of the molecule is COc1ccc(SCc2nc(-c3ccsc3)no2)cc1. The molecule has 0 amide bonds. The van der Waals surface area contributed by atoms with E-state index in [0.717, 1.165) is 16.2 Å². The highest BCUT2D eigenvalue weighted by atomic mass is 32.2. The second-order valence-electron chi connectivity index (χ2n) is 3.99. The molecule has 3 rings (SSSR count). The Morgan fingerprint density at radius 1 is 1.25 bits per heavy atom. The molecule has 20 heavy (non-hydrogen) atoms. The average Bonchev–Trinajstić information content (AvgIpc) is 3.16. The number of nitrogens with zero attached hydrogens (tertiary/aromatic N) is 2. The number of methoxy groups -OCH3 is 1. The first-order valence-electron chi connectivity index (χ1n) is 5.97. The van der Waals surface area contributed by atoms with Crippen molar-refractivity contribution in [1.82, 2.24) is 10.1 Å². The predicted molar refractivity (Wildman–Crippen MR) is 80.2 cm³/mol. The Kier molecular flexibility index (Phi) is 4.03. The third-order valence-electron chi connectivity index (χ3n) is 2.67. The highest BCUT2D eigenvalue weighted by Gasteiger charge is 2.09. The lowest BCUT2D eigenvalue weighted by Gasteiger charge is -2.01. The molecule has 0 aliphatic heterocycles. The van der Waals surface area contributed by atoms with Crippen LogP contribution in [0.1, 0.15) is 5.89 Å². The molecule has 0 saturated carbocycles. The Hall–Kier alpha value is -1.79. The summed E-state index contributed by atoms with van der Waals surface area (Å²) in [4.78, 5) is 5.52. The maximum Gasteiger partial charge on any atom is 0.237 e. The van der Waals surface area contributed by atoms with Crippen LogP contribution in [0.2, 0.25) is 0 Å². The largest absolute Gasteiger partial charge is 0.497 e. The van der Waals surface area contributed by atoms with Gasteiger partial charge in [-0.05, 0) is 35.7 Å². The second-order valence-corrected chi connectivity index (χ2v) is 5.82. The lowest BCUT2D eigenvalue weighted by Crippen LogP contribution is -1.83. The average molecular weight is 304 g/mol. The van der Waals surface area contributed by atoms with Gasteiger partial charge < -0.3 is 9.26 Å². The Labute approximate surface area is 124 Å². The van der Waals surface area contributed by atoms with Crippen LogP contribution in [0.3, 0.4) is 0 Å². The molecule has 2 heterocycles. The maximum absolute atomic E-state index is 5.25. The number of aromatic nitrogens is 2. The van der Waals surface area contributed by atoms with Crippen LogP contribution in [0.15, 0.2) is 50.5 Å². The summed E-state index contributed by atoms with van der Waals surface area (Å²) in [5.74, 6) is 2.79. The first kappa shape index (κ1) is 13.2. The molecule has 0 atom stereocenters. The second kappa shape index (κ2) is 6.11. The Morgan fingerprint density at radius 2 is 2.10 bits per heavy atom. The van der Waals surface area contributed by atoms with Gasteiger partial charge in [0, 0.05) is 15.8 Å². The minimum atomic E-state index is 0.631. The number of hydrogen-bond donors (Lipinski definition) is 0. The molecule has 0 saturated heterocycles. The van der Waals surface area contributed by atoms with Crippen LogP contribution in [0, 0.1) is 0 Å². The van der Waals surface area contributed by atoms with Crippen molar-refractivity contribution in [2.45, 2.75) is 10.6 Å². The molecule has 2 aromatic heterocycles. The molecule has 0 fully saturated rings. The number of hydrogen-bond acceptors (Lipinski definition) is 6. The summed E-state index contributed by atoms with van der Waals surface area (Å²) in [5.41, 5.74) is 0.999. The van der Waals surface area contributed by atoms with Crippen LogP contribution in [0.25, 0.3) is 11.4 Å². The quantitative estimate of drug-likeness (QED) is 0.664. The monoisotopic (exact) mass is 304 g/mol. The highest BCUT2D eigenvalue weighted by molar-refractivity contribution is 7.98. The van der Waals surface area contributed by atoms with Crippen molar-refractivity contribution >= 4 is 23.1 Å². The fraction of sp³-hybridized carbons (Fsp3) is 0.143. The van der Waals surface area contributed by atoms with Gasteiger partial charge in [-0.1, -0.05) is 5.16 Å². The van der Waals surface area contributed by atoms with Gasteiger partial charge in [-0.25, -0.2) is 0 Å². The van der Waals surface area contributed by atoms with Crippen molar-refractivity contribution < 1.29 is 9.26 Å². The number of thiophene rings is 1. The Balaban J connectivity index is 1.63. The van der Waals surface area contributed by atoms with E-state index in [4.69, 9.17) is 9.26 Å². The molecule has 0 bridgehead atoms. The van der Waals surface area contributed by atoms with E-state index in [9.17, 15) is 0 Å². The molecule has 0 N–H and O–H groups in total. The van der Waals surface area contributed by atoms with E-state index in [1.165, 1.54) is 0 Å². The Morgan fingerprint density at radius 3 is 2.80 bits per heavy atom. The van der Waals surface area contributed by atoms with E-state index in [0.29, 0.717) is 17.5 Å². The molecule has 0 spiro atoms. The third-order valence-corrected chi connectivity index (χ3v) is 4.35. The molecule has 0 unspecified atom stereocenters. The van der Waals surface area contributed by atoms with Crippen molar-refractivity contribution in [2.24, 2.45) is 0 Å². The number of thioether (sulfide) groups is 1. The van der Waals surface area contributed by atoms with Crippen LogP contribution in [0.4, 0.5) is 0 Å². The van der Waals surface area contributed by atoms with Crippen LogP contribution >= 0.6 is 23.1 Å². The van der Waals surface area contributed by atoms with Crippen LogP contribution in [-0.2, 0) is 5.75 Å². The number of ether oxygens (including phenoxy) is 1. The fourth-order valence-electron chi connectivity index (χ4n) is 1.64.